The van der Waals surface area contributed by atoms with Crippen molar-refractivity contribution in [2.45, 2.75) is 12.7 Å². The van der Waals surface area contributed by atoms with Gasteiger partial charge >= 0.3 is 6.18 Å². The minimum Gasteiger partial charge on any atom is -0.494 e. The van der Waals surface area contributed by atoms with Gasteiger partial charge in [0.25, 0.3) is 5.91 Å². The van der Waals surface area contributed by atoms with Crippen LogP contribution in [0, 0.1) is 0 Å². The van der Waals surface area contributed by atoms with Crippen LogP contribution in [0.25, 0.3) is 33.7 Å². The lowest BCUT2D eigenvalue weighted by molar-refractivity contribution is -0.142. The number of oxazole rings is 1. The fraction of sp³-hybridized carbons (Fsp3) is 0.120. The van der Waals surface area contributed by atoms with Gasteiger partial charge in [0, 0.05) is 17.1 Å². The van der Waals surface area contributed by atoms with Crippen LogP contribution in [0.4, 0.5) is 19.0 Å². The largest absolute Gasteiger partial charge is 0.494 e. The minimum atomic E-state index is -4.73. The summed E-state index contributed by atoms with van der Waals surface area (Å²) < 4.78 is 50.1. The number of hydrogen-bond donors (Lipinski definition) is 2. The number of nitrogens with zero attached hydrogens (tertiary/aromatic N) is 5. The van der Waals surface area contributed by atoms with Crippen molar-refractivity contribution in [1.29, 1.82) is 0 Å². The summed E-state index contributed by atoms with van der Waals surface area (Å²) in [5.74, 6) is -1.27. The van der Waals surface area contributed by atoms with Crippen molar-refractivity contribution in [3.63, 3.8) is 0 Å². The van der Waals surface area contributed by atoms with Crippen molar-refractivity contribution in [2.75, 3.05) is 12.8 Å². The van der Waals surface area contributed by atoms with Crippen LogP contribution in [0.3, 0.4) is 0 Å². The molecule has 0 radical (unpaired) electrons. The molecule has 192 valence electrons. The van der Waals surface area contributed by atoms with E-state index >= 15 is 0 Å². The van der Waals surface area contributed by atoms with E-state index in [0.29, 0.717) is 5.56 Å². The molecule has 0 saturated heterocycles. The molecule has 0 aliphatic heterocycles. The molecule has 4 heterocycles. The molecule has 13 heteroatoms. The molecule has 10 nitrogen and oxygen atoms in total. The first-order chi connectivity index (χ1) is 18.2. The van der Waals surface area contributed by atoms with Gasteiger partial charge in [0.15, 0.2) is 22.9 Å². The molecular weight excluding hydrogens is 503 g/mol. The number of carbonyl (C=O) groups excluding carboxylic acids is 1. The number of hydrogen-bond acceptors (Lipinski definition) is 9. The fourth-order valence-corrected chi connectivity index (χ4v) is 3.74. The van der Waals surface area contributed by atoms with Crippen LogP contribution < -0.4 is 15.8 Å². The molecule has 1 aromatic carbocycles. The highest BCUT2D eigenvalue weighted by atomic mass is 19.4. The molecule has 5 rings (SSSR count). The lowest BCUT2D eigenvalue weighted by Gasteiger charge is -2.13. The van der Waals surface area contributed by atoms with Crippen LogP contribution in [0.2, 0.25) is 0 Å². The number of nitrogens with two attached hydrogens (primary N) is 1. The second-order valence-corrected chi connectivity index (χ2v) is 7.94. The van der Waals surface area contributed by atoms with Gasteiger partial charge in [-0.2, -0.15) is 13.2 Å². The Kier molecular flexibility index (Phi) is 6.33. The third kappa shape index (κ3) is 4.81. The van der Waals surface area contributed by atoms with E-state index in [9.17, 15) is 18.0 Å². The van der Waals surface area contributed by atoms with Crippen molar-refractivity contribution in [3.05, 3.63) is 78.2 Å². The number of carbonyl (C=O) groups is 1. The summed E-state index contributed by atoms with van der Waals surface area (Å²) in [6, 6.07) is 11.4. The van der Waals surface area contributed by atoms with Crippen molar-refractivity contribution in [1.82, 2.24) is 30.2 Å². The van der Waals surface area contributed by atoms with Crippen molar-refractivity contribution in [3.8, 4) is 28.6 Å². The normalized spacial score (nSPS) is 11.5. The first-order valence-corrected chi connectivity index (χ1v) is 11.1. The van der Waals surface area contributed by atoms with Gasteiger partial charge in [-0.15, -0.1) is 0 Å². The quantitative estimate of drug-likeness (QED) is 0.335. The average molecular weight is 521 g/mol. The number of benzene rings is 1. The number of alkyl halides is 3. The maximum absolute atomic E-state index is 13.3. The van der Waals surface area contributed by atoms with Crippen LogP contribution in [0.1, 0.15) is 21.9 Å². The summed E-state index contributed by atoms with van der Waals surface area (Å²) in [7, 11) is 1.11. The maximum atomic E-state index is 13.3. The van der Waals surface area contributed by atoms with Crippen molar-refractivity contribution < 1.29 is 27.1 Å². The number of methoxy groups -OCH3 is 1. The Morgan fingerprint density at radius 2 is 1.89 bits per heavy atom. The van der Waals surface area contributed by atoms with E-state index in [4.69, 9.17) is 14.9 Å². The van der Waals surface area contributed by atoms with Gasteiger partial charge in [-0.05, 0) is 30.3 Å². The highest BCUT2D eigenvalue weighted by molar-refractivity contribution is 5.98. The molecule has 0 atom stereocenters. The summed E-state index contributed by atoms with van der Waals surface area (Å²) in [6.45, 7) is -0.328. The average Bonchev–Trinajstić information content (AvgIpc) is 3.45. The second kappa shape index (κ2) is 9.76. The third-order valence-corrected chi connectivity index (χ3v) is 5.48. The number of pyridine rings is 2. The Balaban J connectivity index is 1.50. The number of rotatable bonds is 6. The number of nitrogen functional groups attached to an aromatic ring is 1. The molecule has 0 saturated carbocycles. The molecule has 0 aliphatic carbocycles. The van der Waals surface area contributed by atoms with Gasteiger partial charge in [-0.25, -0.2) is 19.9 Å². The Labute approximate surface area is 212 Å². The van der Waals surface area contributed by atoms with Gasteiger partial charge in [0.2, 0.25) is 5.89 Å². The van der Waals surface area contributed by atoms with Crippen LogP contribution in [-0.2, 0) is 12.7 Å². The summed E-state index contributed by atoms with van der Waals surface area (Å²) >= 11 is 0. The number of nitrogens with one attached hydrogen (secondary N) is 1. The zero-order valence-corrected chi connectivity index (χ0v) is 19.7. The minimum absolute atomic E-state index is 0.0448. The van der Waals surface area contributed by atoms with Crippen molar-refractivity contribution >= 4 is 22.6 Å². The molecule has 3 N–H and O–H groups in total. The van der Waals surface area contributed by atoms with Crippen LogP contribution in [-0.4, -0.2) is 37.9 Å². The smallest absolute Gasteiger partial charge is 0.437 e. The number of fused-ring (bicyclic) bond motifs is 1. The first-order valence-electron chi connectivity index (χ1n) is 11.1. The molecule has 0 aliphatic rings. The lowest BCUT2D eigenvalue weighted by Crippen LogP contribution is -2.26. The van der Waals surface area contributed by atoms with Gasteiger partial charge in [0.1, 0.15) is 17.7 Å². The van der Waals surface area contributed by atoms with Crippen LogP contribution >= 0.6 is 0 Å². The van der Waals surface area contributed by atoms with Gasteiger partial charge < -0.3 is 20.2 Å². The van der Waals surface area contributed by atoms with E-state index in [-0.39, 0.29) is 41.0 Å². The molecule has 5 aromatic rings. The zero-order chi connectivity index (χ0) is 26.9. The number of halogens is 3. The Morgan fingerprint density at radius 1 is 1.05 bits per heavy atom. The standard InChI is InChI=1S/C25H18F3N7O3/c1-37-17-7-5-15(33-21(17)25(26,27)28)12-32-23(36)20-22(29)35-19(24-31-9-10-38-24)18(34-20)14-4-6-16-13(11-14)3-2-8-30-16/h2-11H,12H2,1H3,(H2,29,35)(H,32,36). The number of amides is 1. The van der Waals surface area contributed by atoms with Crippen LogP contribution in [0.15, 0.2) is 65.5 Å². The first kappa shape index (κ1) is 24.6. The maximum Gasteiger partial charge on any atom is 0.437 e. The van der Waals surface area contributed by atoms with E-state index in [0.717, 1.165) is 24.1 Å². The highest BCUT2D eigenvalue weighted by Crippen LogP contribution is 2.35. The van der Waals surface area contributed by atoms with Crippen molar-refractivity contribution in [2.24, 2.45) is 0 Å². The summed E-state index contributed by atoms with van der Waals surface area (Å²) in [5, 5.41) is 3.31. The van der Waals surface area contributed by atoms with E-state index in [2.05, 4.69) is 30.2 Å². The summed E-state index contributed by atoms with van der Waals surface area (Å²) in [4.78, 5) is 33.8. The van der Waals surface area contributed by atoms with E-state index in [1.807, 2.05) is 12.1 Å². The van der Waals surface area contributed by atoms with Gasteiger partial charge in [0.05, 0.1) is 31.1 Å². The molecular formula is C25H18F3N7O3. The number of ether oxygens (including phenoxy) is 1. The van der Waals surface area contributed by atoms with E-state index in [1.165, 1.54) is 18.5 Å². The van der Waals surface area contributed by atoms with E-state index in [1.54, 1.807) is 24.4 Å². The Hall–Kier alpha value is -5.07. The molecule has 4 aromatic heterocycles. The Morgan fingerprint density at radius 3 is 2.63 bits per heavy atom. The monoisotopic (exact) mass is 521 g/mol. The lowest BCUT2D eigenvalue weighted by atomic mass is 10.1. The Bertz CT molecular complexity index is 1640. The topological polar surface area (TPSA) is 142 Å². The predicted molar refractivity (Wildman–Crippen MR) is 130 cm³/mol. The summed E-state index contributed by atoms with van der Waals surface area (Å²) in [6.07, 6.45) is -0.278. The third-order valence-electron chi connectivity index (χ3n) is 5.48. The molecule has 0 bridgehead atoms. The van der Waals surface area contributed by atoms with Crippen LogP contribution in [0.5, 0.6) is 5.75 Å². The van der Waals surface area contributed by atoms with Gasteiger partial charge in [-0.1, -0.05) is 12.1 Å². The number of anilines is 1. The fourth-order valence-electron chi connectivity index (χ4n) is 3.74. The summed E-state index contributed by atoms with van der Waals surface area (Å²) in [5.41, 5.74) is 6.40. The SMILES string of the molecule is COc1ccc(CNC(=O)c2nc(-c3ccc4ncccc4c3)c(-c3ncco3)nc2N)nc1C(F)(F)F. The molecule has 0 spiro atoms. The van der Waals surface area contributed by atoms with Gasteiger partial charge in [-0.3, -0.25) is 9.78 Å². The highest BCUT2D eigenvalue weighted by Gasteiger charge is 2.36. The zero-order valence-electron chi connectivity index (χ0n) is 19.7. The second-order valence-electron chi connectivity index (χ2n) is 7.94. The predicted octanol–water partition coefficient (Wildman–Crippen LogP) is 4.28. The molecule has 0 unspecified atom stereocenters. The van der Waals surface area contributed by atoms with E-state index < -0.39 is 23.5 Å². The molecule has 38 heavy (non-hydrogen) atoms. The number of aromatic nitrogens is 5. The molecule has 0 fully saturated rings. The molecule has 1 amide bonds.